The number of thiazole rings is 1. The van der Waals surface area contributed by atoms with Crippen LogP contribution in [-0.2, 0) is 16.8 Å². The molecule has 4 atom stereocenters. The molecule has 2 bridgehead atoms. The van der Waals surface area contributed by atoms with Crippen LogP contribution < -0.4 is 14.9 Å². The van der Waals surface area contributed by atoms with Crippen molar-refractivity contribution in [1.82, 2.24) is 4.57 Å². The first-order valence-electron chi connectivity index (χ1n) is 10.2. The molecule has 3 aliphatic rings. The van der Waals surface area contributed by atoms with Crippen LogP contribution in [-0.4, -0.2) is 22.8 Å². The van der Waals surface area contributed by atoms with Crippen molar-refractivity contribution in [2.24, 2.45) is 17.8 Å². The van der Waals surface area contributed by atoms with E-state index < -0.39 is 0 Å². The van der Waals surface area contributed by atoms with Crippen molar-refractivity contribution in [1.29, 1.82) is 0 Å². The molecule has 1 aliphatic heterocycles. The van der Waals surface area contributed by atoms with Crippen molar-refractivity contribution in [2.45, 2.75) is 55.3 Å². The zero-order valence-corrected chi connectivity index (χ0v) is 18.6. The highest BCUT2D eigenvalue weighted by molar-refractivity contribution is 8.00. The third kappa shape index (κ3) is 3.05. The van der Waals surface area contributed by atoms with E-state index in [-0.39, 0.29) is 22.7 Å². The van der Waals surface area contributed by atoms with Crippen LogP contribution in [0.25, 0.3) is 0 Å². The molecule has 154 valence electrons. The number of aromatic nitrogens is 1. The van der Waals surface area contributed by atoms with Crippen LogP contribution in [0.5, 0.6) is 5.75 Å². The van der Waals surface area contributed by atoms with Crippen molar-refractivity contribution in [2.75, 3.05) is 12.4 Å². The van der Waals surface area contributed by atoms with Gasteiger partial charge in [0.2, 0.25) is 5.91 Å². The molecule has 5 rings (SSSR count). The summed E-state index contributed by atoms with van der Waals surface area (Å²) in [4.78, 5) is 26.7. The summed E-state index contributed by atoms with van der Waals surface area (Å²) in [5.41, 5.74) is 0.709. The summed E-state index contributed by atoms with van der Waals surface area (Å²) < 4.78 is 6.85. The zero-order valence-electron chi connectivity index (χ0n) is 16.9. The summed E-state index contributed by atoms with van der Waals surface area (Å²) in [6, 6.07) is 7.23. The average molecular weight is 431 g/mol. The van der Waals surface area contributed by atoms with E-state index in [2.05, 4.69) is 19.2 Å². The van der Waals surface area contributed by atoms with E-state index in [1.165, 1.54) is 35.5 Å². The quantitative estimate of drug-likeness (QED) is 0.783. The largest absolute Gasteiger partial charge is 0.497 e. The maximum Gasteiger partial charge on any atom is 0.308 e. The molecule has 1 aromatic heterocycles. The Hall–Kier alpha value is -1.73. The monoisotopic (exact) mass is 430 g/mol. The normalized spacial score (nSPS) is 28.7. The molecule has 1 aromatic carbocycles. The van der Waals surface area contributed by atoms with Crippen LogP contribution in [0.4, 0.5) is 5.69 Å². The van der Waals surface area contributed by atoms with Crippen LogP contribution in [0, 0.1) is 17.8 Å². The summed E-state index contributed by atoms with van der Waals surface area (Å²) in [6.07, 6.45) is 3.99. The van der Waals surface area contributed by atoms with Crippen molar-refractivity contribution < 1.29 is 9.53 Å². The molecule has 2 aliphatic carbocycles. The second kappa shape index (κ2) is 6.91. The highest BCUT2D eigenvalue weighted by atomic mass is 32.2. The molecule has 2 aromatic rings. The molecule has 2 heterocycles. The Morgan fingerprint density at radius 2 is 1.97 bits per heavy atom. The fourth-order valence-corrected chi connectivity index (χ4v) is 9.17. The molecule has 0 radical (unpaired) electrons. The number of methoxy groups -OCH3 is 1. The lowest BCUT2D eigenvalue weighted by Gasteiger charge is -2.45. The van der Waals surface area contributed by atoms with Crippen molar-refractivity contribution in [3.63, 3.8) is 0 Å². The van der Waals surface area contributed by atoms with Crippen LogP contribution in [0.3, 0.4) is 0 Å². The lowest BCUT2D eigenvalue weighted by Crippen LogP contribution is -2.43. The van der Waals surface area contributed by atoms with Gasteiger partial charge in [-0.15, -0.1) is 11.8 Å². The van der Waals surface area contributed by atoms with Crippen LogP contribution >= 0.6 is 23.1 Å². The maximum atomic E-state index is 12.8. The number of amides is 1. The van der Waals surface area contributed by atoms with E-state index in [4.69, 9.17) is 4.74 Å². The van der Waals surface area contributed by atoms with Crippen molar-refractivity contribution in [3.8, 4) is 5.75 Å². The molecule has 1 amide bonds. The second-order valence-corrected chi connectivity index (χ2v) is 11.2. The number of thioether (sulfide) groups is 1. The predicted octanol–water partition coefficient (Wildman–Crippen LogP) is 4.36. The number of hydrogen-bond acceptors (Lipinski definition) is 5. The topological polar surface area (TPSA) is 60.3 Å². The van der Waals surface area contributed by atoms with Gasteiger partial charge in [0.15, 0.2) is 0 Å². The summed E-state index contributed by atoms with van der Waals surface area (Å²) in [5, 5.41) is 4.52. The average Bonchev–Trinajstić information content (AvgIpc) is 3.38. The Morgan fingerprint density at radius 1 is 1.24 bits per heavy atom. The fourth-order valence-electron chi connectivity index (χ4n) is 5.76. The maximum absolute atomic E-state index is 12.8. The molecule has 1 N–H and O–H groups in total. The summed E-state index contributed by atoms with van der Waals surface area (Å²) in [5.74, 6) is 2.78. The molecule has 2 fully saturated rings. The molecule has 0 spiro atoms. The number of nitrogens with one attached hydrogen (secondary N) is 1. The van der Waals surface area contributed by atoms with Gasteiger partial charge in [0, 0.05) is 21.2 Å². The number of rotatable bonds is 4. The van der Waals surface area contributed by atoms with E-state index >= 15 is 0 Å². The number of carbonyl (C=O) groups excluding carboxylic acids is 1. The van der Waals surface area contributed by atoms with Gasteiger partial charge in [0.05, 0.1) is 12.1 Å². The molecule has 7 heteroatoms. The van der Waals surface area contributed by atoms with Gasteiger partial charge >= 0.3 is 4.87 Å². The van der Waals surface area contributed by atoms with Gasteiger partial charge in [-0.25, -0.2) is 0 Å². The van der Waals surface area contributed by atoms with E-state index in [1.54, 1.807) is 23.8 Å². The first-order valence-corrected chi connectivity index (χ1v) is 11.9. The van der Waals surface area contributed by atoms with Crippen LogP contribution in [0.1, 0.15) is 38.0 Å². The minimum absolute atomic E-state index is 0.00657. The second-order valence-electron chi connectivity index (χ2n) is 9.03. The Kier molecular flexibility index (Phi) is 4.59. The SMILES string of the molecule is COc1ccc(NC(=O)Cn2c3c(sc2=O)C(C)(C)[C@H]2[C@H]4CC[C@@H](C4)[C@@H]2S3)cc1. The molecular formula is C22H26N2O3S2. The number of carbonyl (C=O) groups is 1. The highest BCUT2D eigenvalue weighted by Crippen LogP contribution is 2.64. The Bertz CT molecular complexity index is 1010. The number of benzene rings is 1. The molecular weight excluding hydrogens is 404 g/mol. The minimum atomic E-state index is -0.175. The van der Waals surface area contributed by atoms with Gasteiger partial charge in [-0.1, -0.05) is 25.2 Å². The molecule has 0 saturated heterocycles. The van der Waals surface area contributed by atoms with Gasteiger partial charge in [-0.3, -0.25) is 14.2 Å². The molecule has 29 heavy (non-hydrogen) atoms. The van der Waals surface area contributed by atoms with E-state index in [0.29, 0.717) is 16.9 Å². The van der Waals surface area contributed by atoms with E-state index in [1.807, 2.05) is 23.9 Å². The summed E-state index contributed by atoms with van der Waals surface area (Å²) >= 11 is 3.21. The highest BCUT2D eigenvalue weighted by Gasteiger charge is 2.57. The van der Waals surface area contributed by atoms with Crippen LogP contribution in [0.2, 0.25) is 0 Å². The first-order chi connectivity index (χ1) is 13.9. The summed E-state index contributed by atoms with van der Waals surface area (Å²) in [6.45, 7) is 4.68. The molecule has 2 saturated carbocycles. The Labute approximate surface area is 178 Å². The van der Waals surface area contributed by atoms with Gasteiger partial charge in [-0.2, -0.15) is 0 Å². The van der Waals surface area contributed by atoms with Gasteiger partial charge in [-0.05, 0) is 61.3 Å². The third-order valence-electron chi connectivity index (χ3n) is 7.03. The van der Waals surface area contributed by atoms with Gasteiger partial charge < -0.3 is 10.1 Å². The minimum Gasteiger partial charge on any atom is -0.497 e. The number of ether oxygens (including phenoxy) is 1. The van der Waals surface area contributed by atoms with Crippen molar-refractivity contribution >= 4 is 34.7 Å². The van der Waals surface area contributed by atoms with Gasteiger partial charge in [0.25, 0.3) is 0 Å². The lowest BCUT2D eigenvalue weighted by atomic mass is 9.69. The molecule has 5 nitrogen and oxygen atoms in total. The smallest absolute Gasteiger partial charge is 0.308 e. The number of anilines is 1. The standard InChI is InChI=1S/C22H26N2O3S2/c1-22(2)17-12-4-5-13(10-12)18(17)28-20-19(22)29-21(26)24(20)11-16(25)23-14-6-8-15(27-3)9-7-14/h6-9,12-13,17-18H,4-5,10-11H2,1-3H3,(H,23,25)/t12-,13-,17-,18-/m0/s1. The van der Waals surface area contributed by atoms with E-state index in [9.17, 15) is 9.59 Å². The first kappa shape index (κ1) is 19.2. The lowest BCUT2D eigenvalue weighted by molar-refractivity contribution is -0.116. The van der Waals surface area contributed by atoms with Gasteiger partial charge in [0.1, 0.15) is 12.3 Å². The van der Waals surface area contributed by atoms with E-state index in [0.717, 1.165) is 22.6 Å². The Balaban J connectivity index is 1.40. The summed E-state index contributed by atoms with van der Waals surface area (Å²) in [7, 11) is 1.61. The molecule has 0 unspecified atom stereocenters. The Morgan fingerprint density at radius 3 is 2.69 bits per heavy atom. The predicted molar refractivity (Wildman–Crippen MR) is 117 cm³/mol. The fraction of sp³-hybridized carbons (Fsp3) is 0.545. The van der Waals surface area contributed by atoms with Crippen LogP contribution in [0.15, 0.2) is 34.1 Å². The number of hydrogen-bond donors (Lipinski definition) is 1. The van der Waals surface area contributed by atoms with Crippen molar-refractivity contribution in [3.05, 3.63) is 38.8 Å². The zero-order chi connectivity index (χ0) is 20.3. The number of nitrogens with zero attached hydrogens (tertiary/aromatic N) is 1. The third-order valence-corrected chi connectivity index (χ3v) is 10.1. The number of fused-ring (bicyclic) bond motifs is 6.